The number of amides is 1. The van der Waals surface area contributed by atoms with Crippen molar-refractivity contribution in [3.63, 3.8) is 0 Å². The Morgan fingerprint density at radius 2 is 2.07 bits per heavy atom. The van der Waals surface area contributed by atoms with Gasteiger partial charge in [-0.25, -0.2) is 4.79 Å². The maximum atomic E-state index is 11.3. The summed E-state index contributed by atoms with van der Waals surface area (Å²) >= 11 is 0. The van der Waals surface area contributed by atoms with E-state index in [1.54, 1.807) is 14.1 Å². The van der Waals surface area contributed by atoms with E-state index < -0.39 is 6.09 Å². The molecule has 0 saturated heterocycles. The van der Waals surface area contributed by atoms with E-state index in [1.165, 1.54) is 4.90 Å². The number of aryl methyl sites for hydroxylation is 1. The average molecular weight is 205 g/mol. The quantitative estimate of drug-likeness (QED) is 0.695. The van der Waals surface area contributed by atoms with Gasteiger partial charge in [-0.15, -0.1) is 0 Å². The molecule has 15 heavy (non-hydrogen) atoms. The molecule has 0 fully saturated rings. The Hall–Kier alpha value is -1.77. The third kappa shape index (κ3) is 3.13. The van der Waals surface area contributed by atoms with Crippen LogP contribution in [-0.2, 0) is 4.74 Å². The minimum absolute atomic E-state index is 0.373. The first-order chi connectivity index (χ1) is 7.00. The second-order valence-corrected chi connectivity index (χ2v) is 3.56. The first kappa shape index (κ1) is 11.3. The molecule has 0 radical (unpaired) electrons. The number of hydrogen-bond donors (Lipinski definition) is 0. The van der Waals surface area contributed by atoms with E-state index >= 15 is 0 Å². The average Bonchev–Trinajstić information content (AvgIpc) is 2.17. The van der Waals surface area contributed by atoms with Crippen LogP contribution in [0.2, 0.25) is 0 Å². The van der Waals surface area contributed by atoms with Gasteiger partial charge in [-0.05, 0) is 13.0 Å². The highest BCUT2D eigenvalue weighted by molar-refractivity contribution is 5.75. The molecule has 0 aliphatic carbocycles. The molecule has 1 aromatic carbocycles. The minimum atomic E-state index is -0.415. The molecule has 3 nitrogen and oxygen atoms in total. The second kappa shape index (κ2) is 4.64. The highest BCUT2D eigenvalue weighted by Crippen LogP contribution is 2.15. The fourth-order valence-electron chi connectivity index (χ4n) is 1.07. The van der Waals surface area contributed by atoms with Crippen LogP contribution in [0.15, 0.2) is 30.8 Å². The van der Waals surface area contributed by atoms with Crippen LogP contribution in [0.1, 0.15) is 11.1 Å². The smallest absolute Gasteiger partial charge is 0.410 e. The van der Waals surface area contributed by atoms with Crippen LogP contribution in [0.4, 0.5) is 4.79 Å². The number of rotatable bonds is 2. The standard InChI is InChI=1S/C12H15NO2/c1-9-6-5-7-11(8-9)10(2)15-12(14)13(3)4/h5-8H,2H2,1,3-4H3. The number of benzene rings is 1. The molecule has 0 spiro atoms. The topological polar surface area (TPSA) is 29.5 Å². The third-order valence-corrected chi connectivity index (χ3v) is 1.92. The van der Waals surface area contributed by atoms with Crippen molar-refractivity contribution >= 4 is 11.9 Å². The maximum absolute atomic E-state index is 11.3. The second-order valence-electron chi connectivity index (χ2n) is 3.56. The molecule has 0 heterocycles. The van der Waals surface area contributed by atoms with Crippen LogP contribution in [0.5, 0.6) is 0 Å². The Labute approximate surface area is 90.0 Å². The third-order valence-electron chi connectivity index (χ3n) is 1.92. The van der Waals surface area contributed by atoms with Crippen molar-refractivity contribution in [3.05, 3.63) is 42.0 Å². The van der Waals surface area contributed by atoms with Gasteiger partial charge in [-0.1, -0.05) is 30.3 Å². The number of carbonyl (C=O) groups excluding carboxylic acids is 1. The Bertz CT molecular complexity index is 383. The molecule has 80 valence electrons. The van der Waals surface area contributed by atoms with Crippen molar-refractivity contribution in [2.45, 2.75) is 6.92 Å². The van der Waals surface area contributed by atoms with E-state index in [9.17, 15) is 4.79 Å². The summed E-state index contributed by atoms with van der Waals surface area (Å²) in [6, 6.07) is 7.66. The van der Waals surface area contributed by atoms with Crippen LogP contribution in [0, 0.1) is 6.92 Å². The normalized spacial score (nSPS) is 9.53. The lowest BCUT2D eigenvalue weighted by Crippen LogP contribution is -2.21. The van der Waals surface area contributed by atoms with Crippen molar-refractivity contribution in [1.82, 2.24) is 4.90 Å². The molecule has 0 aliphatic rings. The molecule has 0 unspecified atom stereocenters. The molecule has 3 heteroatoms. The molecule has 1 aromatic rings. The highest BCUT2D eigenvalue weighted by Gasteiger charge is 2.08. The van der Waals surface area contributed by atoms with Crippen molar-refractivity contribution in [2.24, 2.45) is 0 Å². The Balaban J connectivity index is 2.74. The summed E-state index contributed by atoms with van der Waals surface area (Å²) in [7, 11) is 3.26. The van der Waals surface area contributed by atoms with Gasteiger partial charge in [0, 0.05) is 19.7 Å². The molecular weight excluding hydrogens is 190 g/mol. The highest BCUT2D eigenvalue weighted by atomic mass is 16.6. The van der Waals surface area contributed by atoms with Gasteiger partial charge in [-0.2, -0.15) is 0 Å². The molecule has 0 bridgehead atoms. The predicted octanol–water partition coefficient (Wildman–Crippen LogP) is 2.66. The molecule has 0 aliphatic heterocycles. The lowest BCUT2D eigenvalue weighted by Gasteiger charge is -2.12. The van der Waals surface area contributed by atoms with Gasteiger partial charge < -0.3 is 9.64 Å². The van der Waals surface area contributed by atoms with E-state index in [4.69, 9.17) is 4.74 Å². The summed E-state index contributed by atoms with van der Waals surface area (Å²) in [5.41, 5.74) is 1.93. The summed E-state index contributed by atoms with van der Waals surface area (Å²) in [5, 5.41) is 0. The summed E-state index contributed by atoms with van der Waals surface area (Å²) in [6.07, 6.45) is -0.415. The zero-order valence-electron chi connectivity index (χ0n) is 9.28. The van der Waals surface area contributed by atoms with E-state index in [1.807, 2.05) is 31.2 Å². The lowest BCUT2D eigenvalue weighted by atomic mass is 10.1. The van der Waals surface area contributed by atoms with Crippen LogP contribution in [-0.4, -0.2) is 25.1 Å². The Morgan fingerprint density at radius 3 is 2.60 bits per heavy atom. The largest absolute Gasteiger partial charge is 0.414 e. The van der Waals surface area contributed by atoms with E-state index in [0.717, 1.165) is 11.1 Å². The monoisotopic (exact) mass is 205 g/mol. The van der Waals surface area contributed by atoms with Crippen LogP contribution in [0.25, 0.3) is 5.76 Å². The van der Waals surface area contributed by atoms with Crippen LogP contribution in [0.3, 0.4) is 0 Å². The van der Waals surface area contributed by atoms with E-state index in [0.29, 0.717) is 5.76 Å². The van der Waals surface area contributed by atoms with Gasteiger partial charge in [-0.3, -0.25) is 0 Å². The zero-order chi connectivity index (χ0) is 11.4. The lowest BCUT2D eigenvalue weighted by molar-refractivity contribution is 0.163. The van der Waals surface area contributed by atoms with Crippen molar-refractivity contribution in [1.29, 1.82) is 0 Å². The predicted molar refractivity (Wildman–Crippen MR) is 60.4 cm³/mol. The van der Waals surface area contributed by atoms with E-state index in [2.05, 4.69) is 6.58 Å². The fraction of sp³-hybridized carbons (Fsp3) is 0.250. The Morgan fingerprint density at radius 1 is 1.40 bits per heavy atom. The van der Waals surface area contributed by atoms with Gasteiger partial charge in [0.2, 0.25) is 0 Å². The first-order valence-corrected chi connectivity index (χ1v) is 4.66. The van der Waals surface area contributed by atoms with Gasteiger partial charge in [0.1, 0.15) is 5.76 Å². The molecule has 1 amide bonds. The van der Waals surface area contributed by atoms with Crippen LogP contribution >= 0.6 is 0 Å². The first-order valence-electron chi connectivity index (χ1n) is 4.66. The van der Waals surface area contributed by atoms with Gasteiger partial charge in [0.25, 0.3) is 0 Å². The van der Waals surface area contributed by atoms with Gasteiger partial charge >= 0.3 is 6.09 Å². The maximum Gasteiger partial charge on any atom is 0.414 e. The Kier molecular flexibility index (Phi) is 3.50. The zero-order valence-corrected chi connectivity index (χ0v) is 9.28. The summed E-state index contributed by atoms with van der Waals surface area (Å²) in [5.74, 6) is 0.373. The van der Waals surface area contributed by atoms with Gasteiger partial charge in [0.05, 0.1) is 0 Å². The SMILES string of the molecule is C=C(OC(=O)N(C)C)c1cccc(C)c1. The summed E-state index contributed by atoms with van der Waals surface area (Å²) in [4.78, 5) is 12.6. The number of hydrogen-bond acceptors (Lipinski definition) is 2. The number of carbonyl (C=O) groups is 1. The number of nitrogens with zero attached hydrogens (tertiary/aromatic N) is 1. The number of ether oxygens (including phenoxy) is 1. The van der Waals surface area contributed by atoms with Crippen molar-refractivity contribution < 1.29 is 9.53 Å². The summed E-state index contributed by atoms with van der Waals surface area (Å²) < 4.78 is 5.05. The molecule has 0 saturated carbocycles. The van der Waals surface area contributed by atoms with Crippen molar-refractivity contribution in [3.8, 4) is 0 Å². The fourth-order valence-corrected chi connectivity index (χ4v) is 1.07. The molecule has 0 aromatic heterocycles. The molecule has 0 N–H and O–H groups in total. The van der Waals surface area contributed by atoms with Crippen LogP contribution < -0.4 is 0 Å². The summed E-state index contributed by atoms with van der Waals surface area (Å²) in [6.45, 7) is 5.70. The molecule has 0 atom stereocenters. The van der Waals surface area contributed by atoms with E-state index in [-0.39, 0.29) is 0 Å². The molecular formula is C12H15NO2. The minimum Gasteiger partial charge on any atom is -0.410 e. The van der Waals surface area contributed by atoms with Crippen molar-refractivity contribution in [2.75, 3.05) is 14.1 Å². The molecule has 1 rings (SSSR count). The van der Waals surface area contributed by atoms with Gasteiger partial charge in [0.15, 0.2) is 0 Å².